The second-order valence-electron chi connectivity index (χ2n) is 3.01. The molecule has 0 aliphatic carbocycles. The van der Waals surface area contributed by atoms with E-state index >= 15 is 0 Å². The molecule has 5 heteroatoms. The van der Waals surface area contributed by atoms with Crippen molar-refractivity contribution in [1.82, 2.24) is 10.5 Å². The van der Waals surface area contributed by atoms with Crippen molar-refractivity contribution in [2.75, 3.05) is 31.1 Å². The van der Waals surface area contributed by atoms with Crippen LogP contribution in [0.1, 0.15) is 6.42 Å². The van der Waals surface area contributed by atoms with E-state index in [-0.39, 0.29) is 0 Å². The number of hydrogen-bond acceptors (Lipinski definition) is 5. The lowest BCUT2D eigenvalue weighted by molar-refractivity contribution is 0.260. The zero-order chi connectivity index (χ0) is 9.68. The van der Waals surface area contributed by atoms with Crippen molar-refractivity contribution in [3.05, 3.63) is 0 Å². The number of thioether (sulfide) groups is 2. The van der Waals surface area contributed by atoms with Gasteiger partial charge in [0.05, 0.1) is 11.8 Å². The van der Waals surface area contributed by atoms with Crippen molar-refractivity contribution in [2.24, 2.45) is 5.10 Å². The van der Waals surface area contributed by atoms with Gasteiger partial charge in [0.1, 0.15) is 0 Å². The lowest BCUT2D eigenvalue weighted by Crippen LogP contribution is -2.37. The largest absolute Gasteiger partial charge is 0.232 e. The SMILES string of the molecule is CSCCC1NN(C)N=C1CSC. The Labute approximate surface area is 88.7 Å². The molecule has 1 heterocycles. The molecule has 0 aromatic heterocycles. The van der Waals surface area contributed by atoms with Gasteiger partial charge in [0.15, 0.2) is 0 Å². The average molecular weight is 219 g/mol. The number of rotatable bonds is 5. The normalized spacial score (nSPS) is 22.2. The molecule has 76 valence electrons. The molecule has 0 spiro atoms. The maximum atomic E-state index is 4.42. The molecule has 1 unspecified atom stereocenters. The van der Waals surface area contributed by atoms with Gasteiger partial charge in [-0.15, -0.1) is 0 Å². The Kier molecular flexibility index (Phi) is 4.98. The van der Waals surface area contributed by atoms with Gasteiger partial charge in [0.25, 0.3) is 0 Å². The van der Waals surface area contributed by atoms with E-state index in [2.05, 4.69) is 23.0 Å². The first-order valence-corrected chi connectivity index (χ1v) is 7.12. The monoisotopic (exact) mass is 219 g/mol. The van der Waals surface area contributed by atoms with Crippen LogP contribution in [0.15, 0.2) is 5.10 Å². The minimum absolute atomic E-state index is 0.463. The molecule has 0 saturated carbocycles. The van der Waals surface area contributed by atoms with Gasteiger partial charge >= 0.3 is 0 Å². The van der Waals surface area contributed by atoms with E-state index in [9.17, 15) is 0 Å². The van der Waals surface area contributed by atoms with Crippen LogP contribution in [0, 0.1) is 0 Å². The fourth-order valence-corrected chi connectivity index (χ4v) is 2.36. The Morgan fingerprint density at radius 3 is 2.85 bits per heavy atom. The fourth-order valence-electron chi connectivity index (χ4n) is 1.34. The molecule has 0 bridgehead atoms. The van der Waals surface area contributed by atoms with E-state index in [1.165, 1.54) is 17.9 Å². The number of hydrogen-bond donors (Lipinski definition) is 1. The van der Waals surface area contributed by atoms with Crippen LogP contribution >= 0.6 is 23.5 Å². The van der Waals surface area contributed by atoms with Crippen LogP contribution < -0.4 is 5.43 Å². The third-order valence-electron chi connectivity index (χ3n) is 1.93. The van der Waals surface area contributed by atoms with E-state index in [1.807, 2.05) is 35.7 Å². The Balaban J connectivity index is 2.40. The summed E-state index contributed by atoms with van der Waals surface area (Å²) in [5.74, 6) is 2.23. The molecule has 1 rings (SSSR count). The second kappa shape index (κ2) is 5.78. The van der Waals surface area contributed by atoms with E-state index in [0.29, 0.717) is 6.04 Å². The molecule has 13 heavy (non-hydrogen) atoms. The van der Waals surface area contributed by atoms with Crippen molar-refractivity contribution < 1.29 is 0 Å². The minimum Gasteiger partial charge on any atom is -0.232 e. The highest BCUT2D eigenvalue weighted by molar-refractivity contribution is 7.99. The van der Waals surface area contributed by atoms with Crippen molar-refractivity contribution in [3.63, 3.8) is 0 Å². The van der Waals surface area contributed by atoms with Crippen LogP contribution in [-0.2, 0) is 0 Å². The first-order valence-electron chi connectivity index (χ1n) is 4.33. The van der Waals surface area contributed by atoms with Crippen LogP contribution in [-0.4, -0.2) is 47.9 Å². The zero-order valence-corrected chi connectivity index (χ0v) is 10.0. The summed E-state index contributed by atoms with van der Waals surface area (Å²) in [5.41, 5.74) is 4.61. The summed E-state index contributed by atoms with van der Waals surface area (Å²) >= 11 is 3.72. The highest BCUT2D eigenvalue weighted by atomic mass is 32.2. The summed E-state index contributed by atoms with van der Waals surface area (Å²) in [6, 6.07) is 0.463. The van der Waals surface area contributed by atoms with Crippen LogP contribution in [0.3, 0.4) is 0 Å². The average Bonchev–Trinajstić information content (AvgIpc) is 2.44. The molecule has 1 N–H and O–H groups in total. The third-order valence-corrected chi connectivity index (χ3v) is 3.15. The smallest absolute Gasteiger partial charge is 0.0695 e. The summed E-state index contributed by atoms with van der Waals surface area (Å²) in [4.78, 5) is 0. The van der Waals surface area contributed by atoms with Gasteiger partial charge in [0, 0.05) is 12.8 Å². The number of nitrogens with one attached hydrogen (secondary N) is 1. The topological polar surface area (TPSA) is 27.6 Å². The predicted molar refractivity (Wildman–Crippen MR) is 63.5 cm³/mol. The zero-order valence-electron chi connectivity index (χ0n) is 8.41. The molecule has 1 atom stereocenters. The maximum Gasteiger partial charge on any atom is 0.0695 e. The quantitative estimate of drug-likeness (QED) is 0.754. The number of nitrogens with zero attached hydrogens (tertiary/aromatic N) is 2. The molecule has 0 aromatic rings. The minimum atomic E-state index is 0.463. The lowest BCUT2D eigenvalue weighted by Gasteiger charge is -2.13. The number of hydrazone groups is 1. The Morgan fingerprint density at radius 2 is 2.23 bits per heavy atom. The van der Waals surface area contributed by atoms with E-state index in [4.69, 9.17) is 0 Å². The van der Waals surface area contributed by atoms with E-state index in [1.54, 1.807) is 0 Å². The third kappa shape index (κ3) is 3.40. The summed E-state index contributed by atoms with van der Waals surface area (Å²) in [5, 5.41) is 6.25. The first kappa shape index (κ1) is 11.2. The van der Waals surface area contributed by atoms with Gasteiger partial charge in [-0.25, -0.2) is 10.5 Å². The predicted octanol–water partition coefficient (Wildman–Crippen LogP) is 1.28. The van der Waals surface area contributed by atoms with Crippen molar-refractivity contribution in [3.8, 4) is 0 Å². The summed E-state index contributed by atoms with van der Waals surface area (Å²) in [7, 11) is 1.96. The van der Waals surface area contributed by atoms with Gasteiger partial charge in [-0.05, 0) is 24.7 Å². The molecule has 0 amide bonds. The highest BCUT2D eigenvalue weighted by Gasteiger charge is 2.22. The van der Waals surface area contributed by atoms with Crippen LogP contribution in [0.2, 0.25) is 0 Å². The molecule has 3 nitrogen and oxygen atoms in total. The standard InChI is InChI=1S/C8H17N3S2/c1-11-9-7(4-5-12-2)8(10-11)6-13-3/h7,9H,4-6H2,1-3H3. The van der Waals surface area contributed by atoms with Gasteiger partial charge in [0.2, 0.25) is 0 Å². The van der Waals surface area contributed by atoms with Crippen molar-refractivity contribution >= 4 is 29.2 Å². The molecule has 0 radical (unpaired) electrons. The molecule has 0 fully saturated rings. The van der Waals surface area contributed by atoms with Crippen molar-refractivity contribution in [2.45, 2.75) is 12.5 Å². The van der Waals surface area contributed by atoms with Crippen LogP contribution in [0.4, 0.5) is 0 Å². The van der Waals surface area contributed by atoms with E-state index in [0.717, 1.165) is 5.75 Å². The summed E-state index contributed by atoms with van der Waals surface area (Å²) in [6.07, 6.45) is 5.43. The summed E-state index contributed by atoms with van der Waals surface area (Å²) in [6.45, 7) is 0. The van der Waals surface area contributed by atoms with Gasteiger partial charge in [-0.2, -0.15) is 28.6 Å². The lowest BCUT2D eigenvalue weighted by atomic mass is 10.1. The van der Waals surface area contributed by atoms with Crippen LogP contribution in [0.25, 0.3) is 0 Å². The van der Waals surface area contributed by atoms with Crippen LogP contribution in [0.5, 0.6) is 0 Å². The van der Waals surface area contributed by atoms with Gasteiger partial charge < -0.3 is 0 Å². The molecule has 0 aromatic carbocycles. The van der Waals surface area contributed by atoms with Gasteiger partial charge in [-0.3, -0.25) is 0 Å². The van der Waals surface area contributed by atoms with E-state index < -0.39 is 0 Å². The fraction of sp³-hybridized carbons (Fsp3) is 0.875. The summed E-state index contributed by atoms with van der Waals surface area (Å²) < 4.78 is 0. The molecule has 1 aliphatic rings. The molecular weight excluding hydrogens is 202 g/mol. The second-order valence-corrected chi connectivity index (χ2v) is 4.86. The molecular formula is C8H17N3S2. The Bertz CT molecular complexity index is 184. The molecule has 0 saturated heterocycles. The molecule has 1 aliphatic heterocycles. The number of hydrazine groups is 1. The van der Waals surface area contributed by atoms with Gasteiger partial charge in [-0.1, -0.05) is 0 Å². The first-order chi connectivity index (χ1) is 6.27. The Morgan fingerprint density at radius 1 is 1.46 bits per heavy atom. The maximum absolute atomic E-state index is 4.42. The Hall–Kier alpha value is 0.130. The van der Waals surface area contributed by atoms with Crippen molar-refractivity contribution in [1.29, 1.82) is 0 Å². The highest BCUT2D eigenvalue weighted by Crippen LogP contribution is 2.11.